The summed E-state index contributed by atoms with van der Waals surface area (Å²) in [6.45, 7) is 0. The summed E-state index contributed by atoms with van der Waals surface area (Å²) >= 11 is 1.63. The van der Waals surface area contributed by atoms with E-state index in [1.807, 2.05) is 12.1 Å². The Kier molecular flexibility index (Phi) is 3.81. The maximum atomic E-state index is 11.1. The van der Waals surface area contributed by atoms with E-state index >= 15 is 0 Å². The van der Waals surface area contributed by atoms with Gasteiger partial charge in [0.05, 0.1) is 14.2 Å². The Morgan fingerprint density at radius 2 is 1.94 bits per heavy atom. The molecule has 5 heteroatoms. The summed E-state index contributed by atoms with van der Waals surface area (Å²) in [6, 6.07) is 3.70. The first-order chi connectivity index (χ1) is 8.65. The molecule has 1 heterocycles. The fraction of sp³-hybridized carbons (Fsp3) is 0.308. The van der Waals surface area contributed by atoms with E-state index < -0.39 is 5.97 Å². The van der Waals surface area contributed by atoms with Gasteiger partial charge in [-0.05, 0) is 30.2 Å². The number of benzene rings is 1. The van der Waals surface area contributed by atoms with Gasteiger partial charge >= 0.3 is 5.97 Å². The molecule has 0 unspecified atom stereocenters. The van der Waals surface area contributed by atoms with Gasteiger partial charge in [0, 0.05) is 16.2 Å². The molecule has 1 aliphatic heterocycles. The molecule has 4 nitrogen and oxygen atoms in total. The average molecular weight is 266 g/mol. The van der Waals surface area contributed by atoms with Gasteiger partial charge in [0.1, 0.15) is 0 Å². The smallest absolute Gasteiger partial charge is 0.331 e. The molecule has 0 spiro atoms. The lowest BCUT2D eigenvalue weighted by Gasteiger charge is -2.11. The third-order valence-electron chi connectivity index (χ3n) is 2.75. The SMILES string of the molecule is COc1cc2c(cc1OC)SCCC(C(=O)O)=C2. The molecule has 1 N–H and O–H groups in total. The van der Waals surface area contributed by atoms with Gasteiger partial charge in [0.15, 0.2) is 11.5 Å². The van der Waals surface area contributed by atoms with Crippen LogP contribution in [0.25, 0.3) is 6.08 Å². The van der Waals surface area contributed by atoms with E-state index in [1.54, 1.807) is 32.1 Å². The van der Waals surface area contributed by atoms with Crippen LogP contribution in [0.3, 0.4) is 0 Å². The van der Waals surface area contributed by atoms with Crippen molar-refractivity contribution in [3.05, 3.63) is 23.3 Å². The van der Waals surface area contributed by atoms with E-state index in [4.69, 9.17) is 14.6 Å². The maximum Gasteiger partial charge on any atom is 0.331 e. The van der Waals surface area contributed by atoms with Gasteiger partial charge in [-0.1, -0.05) is 0 Å². The molecule has 2 rings (SSSR count). The Bertz CT molecular complexity index is 508. The van der Waals surface area contributed by atoms with Crippen LogP contribution in [-0.2, 0) is 4.79 Å². The van der Waals surface area contributed by atoms with E-state index in [0.717, 1.165) is 16.2 Å². The summed E-state index contributed by atoms with van der Waals surface area (Å²) < 4.78 is 10.5. The van der Waals surface area contributed by atoms with Crippen molar-refractivity contribution in [1.29, 1.82) is 0 Å². The number of methoxy groups -OCH3 is 2. The molecule has 0 bridgehead atoms. The van der Waals surface area contributed by atoms with Crippen LogP contribution in [0.15, 0.2) is 22.6 Å². The number of hydrogen-bond donors (Lipinski definition) is 1. The Morgan fingerprint density at radius 3 is 2.56 bits per heavy atom. The van der Waals surface area contributed by atoms with E-state index in [9.17, 15) is 4.79 Å². The summed E-state index contributed by atoms with van der Waals surface area (Å²) in [4.78, 5) is 12.1. The van der Waals surface area contributed by atoms with Gasteiger partial charge in [-0.2, -0.15) is 0 Å². The Hall–Kier alpha value is -1.62. The molecule has 96 valence electrons. The Labute approximate surface area is 110 Å². The van der Waals surface area contributed by atoms with Crippen molar-refractivity contribution in [3.63, 3.8) is 0 Å². The fourth-order valence-electron chi connectivity index (χ4n) is 1.81. The summed E-state index contributed by atoms with van der Waals surface area (Å²) in [6.07, 6.45) is 2.26. The van der Waals surface area contributed by atoms with Crippen molar-refractivity contribution in [2.24, 2.45) is 0 Å². The minimum absolute atomic E-state index is 0.425. The van der Waals surface area contributed by atoms with Crippen molar-refractivity contribution >= 4 is 23.8 Å². The predicted octanol–water partition coefficient (Wildman–Crippen LogP) is 2.67. The van der Waals surface area contributed by atoms with E-state index in [-0.39, 0.29) is 0 Å². The number of aliphatic carboxylic acids is 1. The predicted molar refractivity (Wildman–Crippen MR) is 70.5 cm³/mol. The number of ether oxygens (including phenoxy) is 2. The molecule has 0 aromatic heterocycles. The van der Waals surface area contributed by atoms with Crippen molar-refractivity contribution in [1.82, 2.24) is 0 Å². The van der Waals surface area contributed by atoms with E-state index in [2.05, 4.69) is 0 Å². The van der Waals surface area contributed by atoms with Crippen LogP contribution in [0.4, 0.5) is 0 Å². The van der Waals surface area contributed by atoms with Crippen molar-refractivity contribution in [2.45, 2.75) is 11.3 Å². The second kappa shape index (κ2) is 5.35. The lowest BCUT2D eigenvalue weighted by molar-refractivity contribution is -0.132. The first kappa shape index (κ1) is 12.8. The van der Waals surface area contributed by atoms with Gasteiger partial charge in [-0.3, -0.25) is 0 Å². The van der Waals surface area contributed by atoms with Crippen LogP contribution < -0.4 is 9.47 Å². The molecule has 0 saturated heterocycles. The van der Waals surface area contributed by atoms with Crippen LogP contribution in [0.5, 0.6) is 11.5 Å². The number of rotatable bonds is 3. The third-order valence-corrected chi connectivity index (χ3v) is 3.82. The van der Waals surface area contributed by atoms with Crippen molar-refractivity contribution in [3.8, 4) is 11.5 Å². The highest BCUT2D eigenvalue weighted by atomic mass is 32.2. The molecule has 1 aromatic carbocycles. The van der Waals surface area contributed by atoms with Gasteiger partial charge < -0.3 is 14.6 Å². The fourth-order valence-corrected chi connectivity index (χ4v) is 2.83. The zero-order chi connectivity index (χ0) is 13.1. The summed E-state index contributed by atoms with van der Waals surface area (Å²) in [5.74, 6) is 1.16. The standard InChI is InChI=1S/C13H14O4S/c1-16-10-6-9-5-8(13(14)15)3-4-18-12(9)7-11(10)17-2/h5-7H,3-4H2,1-2H3,(H,14,15). The number of carboxylic acids is 1. The van der Waals surface area contributed by atoms with E-state index in [0.29, 0.717) is 23.5 Å². The summed E-state index contributed by atoms with van der Waals surface area (Å²) in [5, 5.41) is 9.08. The topological polar surface area (TPSA) is 55.8 Å². The first-order valence-corrected chi connectivity index (χ1v) is 6.47. The second-order valence-corrected chi connectivity index (χ2v) is 4.95. The molecule has 0 aliphatic carbocycles. The van der Waals surface area contributed by atoms with Crippen LogP contribution in [0.2, 0.25) is 0 Å². The first-order valence-electron chi connectivity index (χ1n) is 5.48. The molecular formula is C13H14O4S. The largest absolute Gasteiger partial charge is 0.493 e. The van der Waals surface area contributed by atoms with Crippen molar-refractivity contribution < 1.29 is 19.4 Å². The van der Waals surface area contributed by atoms with Gasteiger partial charge in [-0.15, -0.1) is 11.8 Å². The highest BCUT2D eigenvalue weighted by Crippen LogP contribution is 2.38. The van der Waals surface area contributed by atoms with Crippen LogP contribution >= 0.6 is 11.8 Å². The lowest BCUT2D eigenvalue weighted by atomic mass is 10.1. The normalized spacial score (nSPS) is 14.2. The quantitative estimate of drug-likeness (QED) is 0.911. The lowest BCUT2D eigenvalue weighted by Crippen LogP contribution is -2.00. The number of carbonyl (C=O) groups is 1. The number of fused-ring (bicyclic) bond motifs is 1. The minimum Gasteiger partial charge on any atom is -0.493 e. The van der Waals surface area contributed by atoms with Crippen LogP contribution in [-0.4, -0.2) is 31.0 Å². The maximum absolute atomic E-state index is 11.1. The van der Waals surface area contributed by atoms with Gasteiger partial charge in [0.2, 0.25) is 0 Å². The number of thioether (sulfide) groups is 1. The van der Waals surface area contributed by atoms with Gasteiger partial charge in [0.25, 0.3) is 0 Å². The second-order valence-electron chi connectivity index (χ2n) is 3.82. The molecule has 1 aliphatic rings. The Morgan fingerprint density at radius 1 is 1.28 bits per heavy atom. The average Bonchev–Trinajstić information content (AvgIpc) is 2.58. The van der Waals surface area contributed by atoms with Crippen LogP contribution in [0, 0.1) is 0 Å². The summed E-state index contributed by atoms with van der Waals surface area (Å²) in [7, 11) is 3.15. The van der Waals surface area contributed by atoms with Crippen molar-refractivity contribution in [2.75, 3.05) is 20.0 Å². The zero-order valence-corrected chi connectivity index (χ0v) is 11.0. The highest BCUT2D eigenvalue weighted by Gasteiger charge is 2.17. The third kappa shape index (κ3) is 2.46. The molecule has 0 amide bonds. The number of hydrogen-bond acceptors (Lipinski definition) is 4. The molecule has 0 saturated carbocycles. The monoisotopic (exact) mass is 266 g/mol. The number of carboxylic acid groups (broad SMARTS) is 1. The molecule has 1 aromatic rings. The molecule has 0 radical (unpaired) electrons. The van der Waals surface area contributed by atoms with E-state index in [1.165, 1.54) is 0 Å². The summed E-state index contributed by atoms with van der Waals surface area (Å²) in [5.41, 5.74) is 1.29. The van der Waals surface area contributed by atoms with Crippen LogP contribution in [0.1, 0.15) is 12.0 Å². The molecule has 18 heavy (non-hydrogen) atoms. The zero-order valence-electron chi connectivity index (χ0n) is 10.2. The minimum atomic E-state index is -0.863. The Balaban J connectivity index is 2.52. The van der Waals surface area contributed by atoms with Gasteiger partial charge in [-0.25, -0.2) is 4.79 Å². The molecular weight excluding hydrogens is 252 g/mol. The highest BCUT2D eigenvalue weighted by molar-refractivity contribution is 7.99. The molecule has 0 atom stereocenters. The molecule has 0 fully saturated rings.